The molecular formula is C86H158NO8P. The number of hydrogen-bond donors (Lipinski definition) is 0. The Morgan fingerprint density at radius 1 is 0.333 bits per heavy atom. The molecule has 96 heavy (non-hydrogen) atoms. The highest BCUT2D eigenvalue weighted by Gasteiger charge is 2.22. The van der Waals surface area contributed by atoms with E-state index in [1.807, 2.05) is 21.1 Å². The number of phosphoric ester groups is 1. The number of nitrogens with zero attached hydrogens (tertiary/aromatic N) is 1. The number of rotatable bonds is 77. The fourth-order valence-corrected chi connectivity index (χ4v) is 12.9. The van der Waals surface area contributed by atoms with Gasteiger partial charge in [0.2, 0.25) is 0 Å². The topological polar surface area (TPSA) is 111 Å². The van der Waals surface area contributed by atoms with Crippen molar-refractivity contribution in [2.45, 2.75) is 405 Å². The lowest BCUT2D eigenvalue weighted by Crippen LogP contribution is -2.37. The van der Waals surface area contributed by atoms with Crippen LogP contribution in [0.5, 0.6) is 0 Å². The van der Waals surface area contributed by atoms with E-state index in [0.717, 1.165) is 70.6 Å². The molecule has 0 aromatic carbocycles. The van der Waals surface area contributed by atoms with Crippen LogP contribution in [0.4, 0.5) is 0 Å². The van der Waals surface area contributed by atoms with Gasteiger partial charge in [-0.2, -0.15) is 0 Å². The summed E-state index contributed by atoms with van der Waals surface area (Å²) in [4.78, 5) is 38.2. The summed E-state index contributed by atoms with van der Waals surface area (Å²) in [5, 5.41) is 0. The molecule has 560 valence electrons. The Labute approximate surface area is 596 Å². The van der Waals surface area contributed by atoms with Gasteiger partial charge in [-0.1, -0.05) is 381 Å². The van der Waals surface area contributed by atoms with E-state index in [1.165, 1.54) is 295 Å². The van der Waals surface area contributed by atoms with Crippen molar-refractivity contribution in [1.29, 1.82) is 0 Å². The van der Waals surface area contributed by atoms with Crippen molar-refractivity contribution in [3.8, 4) is 0 Å². The van der Waals surface area contributed by atoms with Crippen LogP contribution < -0.4 is 4.89 Å². The van der Waals surface area contributed by atoms with E-state index in [9.17, 15) is 19.0 Å². The average molecular weight is 1370 g/mol. The molecule has 0 bridgehead atoms. The average Bonchev–Trinajstić information content (AvgIpc) is 2.74. The summed E-state index contributed by atoms with van der Waals surface area (Å²) >= 11 is 0. The van der Waals surface area contributed by atoms with Gasteiger partial charge in [-0.05, 0) is 89.9 Å². The molecule has 0 heterocycles. The first-order valence-electron chi connectivity index (χ1n) is 41.3. The molecule has 0 radical (unpaired) electrons. The summed E-state index contributed by atoms with van der Waals surface area (Å²) in [6.07, 6.45) is 106. The molecule has 2 unspecified atom stereocenters. The smallest absolute Gasteiger partial charge is 0.306 e. The molecule has 0 N–H and O–H groups in total. The number of allylic oxidation sites excluding steroid dienone is 14. The predicted octanol–water partition coefficient (Wildman–Crippen LogP) is 27.0. The largest absolute Gasteiger partial charge is 0.756 e. The van der Waals surface area contributed by atoms with Crippen molar-refractivity contribution in [2.24, 2.45) is 0 Å². The predicted molar refractivity (Wildman–Crippen MR) is 416 cm³/mol. The maximum absolute atomic E-state index is 12.9. The Bertz CT molecular complexity index is 1900. The van der Waals surface area contributed by atoms with Crippen LogP contribution in [0.25, 0.3) is 0 Å². The highest BCUT2D eigenvalue weighted by molar-refractivity contribution is 7.45. The molecule has 0 aliphatic rings. The Kier molecular flexibility index (Phi) is 74.1. The van der Waals surface area contributed by atoms with E-state index in [4.69, 9.17) is 18.5 Å². The molecule has 0 aliphatic carbocycles. The lowest BCUT2D eigenvalue weighted by atomic mass is 10.0. The van der Waals surface area contributed by atoms with Crippen molar-refractivity contribution < 1.29 is 42.1 Å². The van der Waals surface area contributed by atoms with Crippen LogP contribution in [-0.4, -0.2) is 70.0 Å². The van der Waals surface area contributed by atoms with Crippen LogP contribution in [0, 0.1) is 0 Å². The van der Waals surface area contributed by atoms with E-state index in [1.54, 1.807) is 0 Å². The first-order chi connectivity index (χ1) is 47.0. The van der Waals surface area contributed by atoms with Gasteiger partial charge < -0.3 is 27.9 Å². The number of likely N-dealkylation sites (N-methyl/N-ethyl adjacent to an activating group) is 1. The Morgan fingerprint density at radius 2 is 0.594 bits per heavy atom. The number of phosphoric acid groups is 1. The lowest BCUT2D eigenvalue weighted by Gasteiger charge is -2.28. The summed E-state index contributed by atoms with van der Waals surface area (Å²) in [6.45, 7) is 4.18. The third kappa shape index (κ3) is 80.2. The molecule has 0 aromatic rings. The number of ether oxygens (including phenoxy) is 2. The SMILES string of the molecule is CC/C=C\C/C=C\C/C=C\C/C=C\CCCCCCCCCCCCCCCCCCCCCCCCC(=O)OC(COC(=O)CCCCCCCCCCCCCCCCCCCCCCCC/C=C\C/C=C\C/C=C\CCCCCCC)COP(=O)([O-])OCC[N+](C)(C)C. The lowest BCUT2D eigenvalue weighted by molar-refractivity contribution is -0.870. The fraction of sp³-hybridized carbons (Fsp3) is 0.814. The van der Waals surface area contributed by atoms with Gasteiger partial charge >= 0.3 is 11.9 Å². The van der Waals surface area contributed by atoms with Gasteiger partial charge in [-0.3, -0.25) is 14.2 Å². The van der Waals surface area contributed by atoms with E-state index in [2.05, 4.69) is 98.9 Å². The van der Waals surface area contributed by atoms with Crippen molar-refractivity contribution in [2.75, 3.05) is 47.5 Å². The first kappa shape index (κ1) is 93.2. The second-order valence-corrected chi connectivity index (χ2v) is 30.5. The number of hydrogen-bond acceptors (Lipinski definition) is 8. The molecule has 9 nitrogen and oxygen atoms in total. The molecule has 2 atom stereocenters. The van der Waals surface area contributed by atoms with E-state index in [0.29, 0.717) is 17.4 Å². The number of unbranched alkanes of at least 4 members (excludes halogenated alkanes) is 49. The maximum Gasteiger partial charge on any atom is 0.306 e. The monoisotopic (exact) mass is 1360 g/mol. The zero-order valence-corrected chi connectivity index (χ0v) is 65.0. The van der Waals surface area contributed by atoms with Crippen molar-refractivity contribution >= 4 is 19.8 Å². The molecule has 0 spiro atoms. The Hall–Kier alpha value is -2.81. The van der Waals surface area contributed by atoms with Gasteiger partial charge in [0.25, 0.3) is 7.82 Å². The van der Waals surface area contributed by atoms with Crippen molar-refractivity contribution in [1.82, 2.24) is 0 Å². The van der Waals surface area contributed by atoms with Crippen LogP contribution in [0.1, 0.15) is 399 Å². The van der Waals surface area contributed by atoms with Crippen LogP contribution >= 0.6 is 7.82 Å². The van der Waals surface area contributed by atoms with Crippen LogP contribution in [0.3, 0.4) is 0 Å². The molecule has 10 heteroatoms. The van der Waals surface area contributed by atoms with Gasteiger partial charge in [0.15, 0.2) is 6.10 Å². The van der Waals surface area contributed by atoms with E-state index in [-0.39, 0.29) is 32.0 Å². The minimum atomic E-state index is -4.65. The third-order valence-electron chi connectivity index (χ3n) is 18.4. The van der Waals surface area contributed by atoms with E-state index >= 15 is 0 Å². The summed E-state index contributed by atoms with van der Waals surface area (Å²) in [5.41, 5.74) is 0. The number of esters is 2. The van der Waals surface area contributed by atoms with Gasteiger partial charge in [0, 0.05) is 12.8 Å². The molecule has 0 rings (SSSR count). The van der Waals surface area contributed by atoms with Crippen molar-refractivity contribution in [3.63, 3.8) is 0 Å². The molecule has 0 saturated heterocycles. The zero-order chi connectivity index (χ0) is 69.7. The minimum absolute atomic E-state index is 0.0296. The molecule has 0 aliphatic heterocycles. The van der Waals surface area contributed by atoms with E-state index < -0.39 is 26.5 Å². The fourth-order valence-electron chi connectivity index (χ4n) is 12.1. The minimum Gasteiger partial charge on any atom is -0.756 e. The quantitative estimate of drug-likeness (QED) is 0.0195. The van der Waals surface area contributed by atoms with Gasteiger partial charge in [0.1, 0.15) is 19.8 Å². The molecule has 0 fully saturated rings. The number of carbonyl (C=O) groups excluding carboxylic acids is 2. The van der Waals surface area contributed by atoms with Crippen LogP contribution in [0.15, 0.2) is 85.1 Å². The standard InChI is InChI=1S/C86H158NO8P/c1-6-8-10-12-14-16-18-20-22-24-26-28-30-32-34-36-38-40-42-43-45-46-48-50-52-54-56-58-60-62-64-66-68-70-72-74-76-78-85(88)92-82-84(83-94-96(90,91)93-81-80-87(3,4)5)95-86(89)79-77-75-73-71-69-67-65-63-61-59-57-55-53-51-49-47-44-41-39-37-35-33-31-29-27-25-23-21-19-17-15-13-11-9-7-2/h9,11,15,17-18,20-21,23-24,26-27,29-30,32,84H,6-8,10,12-14,16,19,22,25,28,31,33-83H2,1-5H3/b11-9-,17-15-,20-18-,23-21-,26-24-,29-27-,32-30-. The highest BCUT2D eigenvalue weighted by Crippen LogP contribution is 2.38. The highest BCUT2D eigenvalue weighted by atomic mass is 31.2. The summed E-state index contributed by atoms with van der Waals surface area (Å²) in [7, 11) is 1.18. The Balaban J connectivity index is 3.90. The molecule has 0 aromatic heterocycles. The second kappa shape index (κ2) is 76.4. The second-order valence-electron chi connectivity index (χ2n) is 29.1. The first-order valence-corrected chi connectivity index (χ1v) is 42.8. The van der Waals surface area contributed by atoms with Gasteiger partial charge in [0.05, 0.1) is 27.7 Å². The van der Waals surface area contributed by atoms with Crippen molar-refractivity contribution in [3.05, 3.63) is 85.1 Å². The number of quaternary nitrogens is 1. The summed E-state index contributed by atoms with van der Waals surface area (Å²) in [5.74, 6) is -0.812. The summed E-state index contributed by atoms with van der Waals surface area (Å²) in [6, 6.07) is 0. The van der Waals surface area contributed by atoms with Gasteiger partial charge in [-0.25, -0.2) is 0 Å². The third-order valence-corrected chi connectivity index (χ3v) is 19.4. The molecule has 0 saturated carbocycles. The van der Waals surface area contributed by atoms with Crippen LogP contribution in [-0.2, 0) is 32.7 Å². The normalized spacial score (nSPS) is 13.4. The number of carbonyl (C=O) groups is 2. The van der Waals surface area contributed by atoms with Crippen LogP contribution in [0.2, 0.25) is 0 Å². The molecular weight excluding hydrogens is 1210 g/mol. The maximum atomic E-state index is 12.9. The zero-order valence-electron chi connectivity index (χ0n) is 64.1. The van der Waals surface area contributed by atoms with Gasteiger partial charge in [-0.15, -0.1) is 0 Å². The molecule has 0 amide bonds. The summed E-state index contributed by atoms with van der Waals surface area (Å²) < 4.78 is 34.5. The Morgan fingerprint density at radius 3 is 0.885 bits per heavy atom.